The molecule has 2 aromatic carbocycles. The normalized spacial score (nSPS) is 18.1. The average Bonchev–Trinajstić information content (AvgIpc) is 2.88. The maximum absolute atomic E-state index is 13.2. The van der Waals surface area contributed by atoms with Gasteiger partial charge in [-0.05, 0) is 56.5 Å². The fourth-order valence-electron chi connectivity index (χ4n) is 5.13. The van der Waals surface area contributed by atoms with Crippen molar-refractivity contribution in [3.63, 3.8) is 0 Å². The van der Waals surface area contributed by atoms with Crippen LogP contribution in [0.4, 0.5) is 18.9 Å². The second-order valence-electron chi connectivity index (χ2n) is 9.91. The highest BCUT2D eigenvalue weighted by Crippen LogP contribution is 2.38. The minimum Gasteiger partial charge on any atom is -0.490 e. The highest BCUT2D eigenvalue weighted by Gasteiger charge is 2.39. The molecule has 2 aromatic rings. The van der Waals surface area contributed by atoms with E-state index < -0.39 is 22.4 Å². The van der Waals surface area contributed by atoms with Gasteiger partial charge in [0.15, 0.2) is 0 Å². The van der Waals surface area contributed by atoms with Crippen LogP contribution in [-0.4, -0.2) is 59.5 Å². The molecule has 2 aliphatic heterocycles. The van der Waals surface area contributed by atoms with Crippen LogP contribution in [0.5, 0.6) is 5.75 Å². The van der Waals surface area contributed by atoms with Crippen molar-refractivity contribution in [2.24, 2.45) is 0 Å². The smallest absolute Gasteiger partial charge is 0.423 e. The lowest BCUT2D eigenvalue weighted by molar-refractivity contribution is -0.388. The number of aryl methyl sites for hydroxylation is 1. The Labute approximate surface area is 214 Å². The Balaban J connectivity index is 1.20. The van der Waals surface area contributed by atoms with E-state index in [0.717, 1.165) is 38.5 Å². The lowest BCUT2D eigenvalue weighted by Gasteiger charge is -2.34. The largest absolute Gasteiger partial charge is 0.490 e. The van der Waals surface area contributed by atoms with Crippen LogP contribution in [0, 0.1) is 17.0 Å². The summed E-state index contributed by atoms with van der Waals surface area (Å²) in [5.74, 6) is 0.583. The third-order valence-electron chi connectivity index (χ3n) is 7.35. The Hall–Kier alpha value is -3.14. The number of ether oxygens (including phenoxy) is 1. The monoisotopic (exact) mass is 519 g/mol. The van der Waals surface area contributed by atoms with Gasteiger partial charge in [0.2, 0.25) is 5.91 Å². The number of benzene rings is 2. The Kier molecular flexibility index (Phi) is 8.36. The molecule has 0 aliphatic carbocycles. The molecule has 0 N–H and O–H groups in total. The number of hydrogen-bond acceptors (Lipinski definition) is 5. The predicted molar refractivity (Wildman–Crippen MR) is 133 cm³/mol. The van der Waals surface area contributed by atoms with Crippen LogP contribution < -0.4 is 4.74 Å². The Bertz CT molecular complexity index is 1090. The van der Waals surface area contributed by atoms with Gasteiger partial charge in [0.25, 0.3) is 5.69 Å². The number of piperidine rings is 2. The van der Waals surface area contributed by atoms with Crippen molar-refractivity contribution in [1.29, 1.82) is 0 Å². The van der Waals surface area contributed by atoms with Gasteiger partial charge in [0.1, 0.15) is 17.4 Å². The molecule has 7 nitrogen and oxygen atoms in total. The minimum atomic E-state index is -4.85. The molecule has 2 aliphatic rings. The number of carbonyl (C=O) groups excluding carboxylic acids is 1. The van der Waals surface area contributed by atoms with Crippen molar-refractivity contribution < 1.29 is 27.6 Å². The maximum atomic E-state index is 13.2. The molecule has 0 unspecified atom stereocenters. The molecule has 0 radical (unpaired) electrons. The molecule has 0 saturated carbocycles. The van der Waals surface area contributed by atoms with Gasteiger partial charge < -0.3 is 14.5 Å². The van der Waals surface area contributed by atoms with E-state index in [0.29, 0.717) is 44.3 Å². The first kappa shape index (κ1) is 26.9. The summed E-state index contributed by atoms with van der Waals surface area (Å²) in [6.45, 7) is 5.69. The molecule has 4 rings (SSSR count). The summed E-state index contributed by atoms with van der Waals surface area (Å²) >= 11 is 0. The maximum Gasteiger partial charge on any atom is 0.423 e. The average molecular weight is 520 g/mol. The topological polar surface area (TPSA) is 75.9 Å². The molecule has 37 heavy (non-hydrogen) atoms. The summed E-state index contributed by atoms with van der Waals surface area (Å²) in [6, 6.07) is 11.4. The van der Waals surface area contributed by atoms with E-state index in [1.54, 1.807) is 4.90 Å². The molecular weight excluding hydrogens is 487 g/mol. The van der Waals surface area contributed by atoms with Crippen molar-refractivity contribution >= 4 is 11.6 Å². The number of nitrogens with zero attached hydrogens (tertiary/aromatic N) is 3. The number of nitro benzene ring substituents is 1. The number of amides is 1. The van der Waals surface area contributed by atoms with Gasteiger partial charge in [-0.25, -0.2) is 0 Å². The number of halogens is 3. The van der Waals surface area contributed by atoms with Crippen LogP contribution in [0.3, 0.4) is 0 Å². The van der Waals surface area contributed by atoms with Gasteiger partial charge in [-0.3, -0.25) is 14.9 Å². The van der Waals surface area contributed by atoms with Crippen LogP contribution in [0.25, 0.3) is 0 Å². The molecule has 2 heterocycles. The lowest BCUT2D eigenvalue weighted by Crippen LogP contribution is -2.43. The zero-order valence-corrected chi connectivity index (χ0v) is 20.9. The zero-order chi connectivity index (χ0) is 26.6. The minimum absolute atomic E-state index is 0.0586. The Morgan fingerprint density at radius 3 is 2.27 bits per heavy atom. The van der Waals surface area contributed by atoms with Gasteiger partial charge in [-0.1, -0.05) is 29.8 Å². The number of hydrogen-bond donors (Lipinski definition) is 0. The first-order valence-corrected chi connectivity index (χ1v) is 12.7. The summed E-state index contributed by atoms with van der Waals surface area (Å²) in [7, 11) is 0. The number of nitro groups is 1. The van der Waals surface area contributed by atoms with E-state index in [4.69, 9.17) is 4.74 Å². The predicted octanol–water partition coefficient (Wildman–Crippen LogP) is 5.56. The summed E-state index contributed by atoms with van der Waals surface area (Å²) in [5, 5.41) is 10.9. The van der Waals surface area contributed by atoms with Crippen LogP contribution in [0.1, 0.15) is 54.7 Å². The van der Waals surface area contributed by atoms with Crippen LogP contribution >= 0.6 is 0 Å². The third kappa shape index (κ3) is 7.00. The van der Waals surface area contributed by atoms with E-state index in [1.165, 1.54) is 17.2 Å². The van der Waals surface area contributed by atoms with Gasteiger partial charge in [-0.2, -0.15) is 13.2 Å². The molecular formula is C27H32F3N3O4. The summed E-state index contributed by atoms with van der Waals surface area (Å²) in [4.78, 5) is 26.8. The first-order valence-electron chi connectivity index (χ1n) is 12.7. The van der Waals surface area contributed by atoms with Crippen LogP contribution in [-0.2, 0) is 11.0 Å². The molecule has 0 aromatic heterocycles. The molecule has 0 bridgehead atoms. The third-order valence-corrected chi connectivity index (χ3v) is 7.35. The Morgan fingerprint density at radius 1 is 1.03 bits per heavy atom. The van der Waals surface area contributed by atoms with Crippen molar-refractivity contribution in [3.05, 3.63) is 69.3 Å². The molecule has 0 spiro atoms. The number of rotatable bonds is 7. The molecule has 2 fully saturated rings. The van der Waals surface area contributed by atoms with Crippen molar-refractivity contribution in [2.45, 2.75) is 57.2 Å². The standard InChI is InChI=1S/C27H32F3N3O4/c1-19-2-4-20(5-3-19)21-8-13-31(14-9-21)15-12-26(34)32-16-10-22(11-17-32)37-23-6-7-25(33(35)36)24(18-23)27(28,29)30/h2-7,18,21-22H,8-17H2,1H3. The lowest BCUT2D eigenvalue weighted by atomic mass is 9.89. The zero-order valence-electron chi connectivity index (χ0n) is 20.9. The summed E-state index contributed by atoms with van der Waals surface area (Å²) < 4.78 is 45.3. The van der Waals surface area contributed by atoms with E-state index in [1.807, 2.05) is 0 Å². The molecule has 200 valence electrons. The molecule has 0 atom stereocenters. The van der Waals surface area contributed by atoms with Crippen molar-refractivity contribution in [3.8, 4) is 5.75 Å². The van der Waals surface area contributed by atoms with Gasteiger partial charge in [-0.15, -0.1) is 0 Å². The fraction of sp³-hybridized carbons (Fsp3) is 0.519. The second kappa shape index (κ2) is 11.5. The highest BCUT2D eigenvalue weighted by molar-refractivity contribution is 5.76. The second-order valence-corrected chi connectivity index (χ2v) is 9.91. The van der Waals surface area contributed by atoms with E-state index in [-0.39, 0.29) is 17.8 Å². The fourth-order valence-corrected chi connectivity index (χ4v) is 5.13. The number of likely N-dealkylation sites (tertiary alicyclic amines) is 2. The quantitative estimate of drug-likeness (QED) is 0.354. The molecule has 10 heteroatoms. The number of carbonyl (C=O) groups is 1. The van der Waals surface area contributed by atoms with Gasteiger partial charge >= 0.3 is 6.18 Å². The van der Waals surface area contributed by atoms with E-state index >= 15 is 0 Å². The molecule has 2 saturated heterocycles. The molecule has 1 amide bonds. The van der Waals surface area contributed by atoms with E-state index in [2.05, 4.69) is 36.1 Å². The summed E-state index contributed by atoms with van der Waals surface area (Å²) in [6.07, 6.45) is -1.62. The van der Waals surface area contributed by atoms with Crippen molar-refractivity contribution in [1.82, 2.24) is 9.80 Å². The van der Waals surface area contributed by atoms with Crippen LogP contribution in [0.15, 0.2) is 42.5 Å². The highest BCUT2D eigenvalue weighted by atomic mass is 19.4. The number of alkyl halides is 3. The summed E-state index contributed by atoms with van der Waals surface area (Å²) in [5.41, 5.74) is 0.317. The Morgan fingerprint density at radius 2 is 1.68 bits per heavy atom. The first-order chi connectivity index (χ1) is 17.6. The van der Waals surface area contributed by atoms with E-state index in [9.17, 15) is 28.1 Å². The van der Waals surface area contributed by atoms with Crippen LogP contribution in [0.2, 0.25) is 0 Å². The SMILES string of the molecule is Cc1ccc(C2CCN(CCC(=O)N3CCC(Oc4ccc([N+](=O)[O-])c(C(F)(F)F)c4)CC3)CC2)cc1. The van der Waals surface area contributed by atoms with Gasteiger partial charge in [0.05, 0.1) is 4.92 Å². The van der Waals surface area contributed by atoms with Gasteiger partial charge in [0, 0.05) is 45.0 Å². The van der Waals surface area contributed by atoms with Crippen molar-refractivity contribution in [2.75, 3.05) is 32.7 Å².